The summed E-state index contributed by atoms with van der Waals surface area (Å²) in [6, 6.07) is 9.12. The third kappa shape index (κ3) is 3.74. The lowest BCUT2D eigenvalue weighted by molar-refractivity contribution is 0.0657. The third-order valence-corrected chi connectivity index (χ3v) is 6.90. The molecule has 1 aliphatic heterocycles. The van der Waals surface area contributed by atoms with Crippen LogP contribution < -0.4 is 9.47 Å². The van der Waals surface area contributed by atoms with E-state index in [1.807, 2.05) is 17.0 Å². The Kier molecular flexibility index (Phi) is 5.72. The molecule has 0 bridgehead atoms. The molecule has 9 heteroatoms. The van der Waals surface area contributed by atoms with E-state index in [2.05, 4.69) is 11.9 Å². The summed E-state index contributed by atoms with van der Waals surface area (Å²) in [6.07, 6.45) is 0.567. The Morgan fingerprint density at radius 1 is 1.00 bits per heavy atom. The maximum absolute atomic E-state index is 13.6. The van der Waals surface area contributed by atoms with Crippen molar-refractivity contribution in [1.29, 1.82) is 0 Å². The number of benzene rings is 2. The maximum atomic E-state index is 13.6. The van der Waals surface area contributed by atoms with Crippen molar-refractivity contribution in [2.75, 3.05) is 47.4 Å². The van der Waals surface area contributed by atoms with Crippen LogP contribution in [0.4, 0.5) is 0 Å². The zero-order valence-corrected chi connectivity index (χ0v) is 20.2. The summed E-state index contributed by atoms with van der Waals surface area (Å²) in [4.78, 5) is 17.7. The molecule has 7 nitrogen and oxygen atoms in total. The fourth-order valence-electron chi connectivity index (χ4n) is 4.53. The summed E-state index contributed by atoms with van der Waals surface area (Å²) in [5.41, 5.74) is 4.75. The number of methoxy groups -OCH3 is 2. The molecule has 3 aromatic rings. The largest absolute Gasteiger partial charge is 0.493 e. The van der Waals surface area contributed by atoms with Crippen molar-refractivity contribution in [3.05, 3.63) is 57.2 Å². The van der Waals surface area contributed by atoms with Crippen LogP contribution in [-0.2, 0) is 6.42 Å². The molecular weight excluding hydrogens is 463 g/mol. The Labute approximate surface area is 202 Å². The topological polar surface area (TPSA) is 59.8 Å². The highest BCUT2D eigenvalue weighted by atomic mass is 35.5. The average molecular weight is 487 g/mol. The number of nitrogens with zero attached hydrogens (tertiary/aromatic N) is 4. The highest BCUT2D eigenvalue weighted by molar-refractivity contribution is 6.34. The van der Waals surface area contributed by atoms with E-state index in [4.69, 9.17) is 37.8 Å². The average Bonchev–Trinajstić information content (AvgIpc) is 3.36. The molecule has 0 saturated carbocycles. The van der Waals surface area contributed by atoms with Gasteiger partial charge in [-0.25, -0.2) is 4.68 Å². The van der Waals surface area contributed by atoms with Crippen LogP contribution in [0.15, 0.2) is 30.3 Å². The molecule has 33 heavy (non-hydrogen) atoms. The lowest BCUT2D eigenvalue weighted by Crippen LogP contribution is -2.47. The summed E-state index contributed by atoms with van der Waals surface area (Å²) < 4.78 is 12.8. The monoisotopic (exact) mass is 486 g/mol. The first-order valence-electron chi connectivity index (χ1n) is 10.7. The first-order valence-corrected chi connectivity index (χ1v) is 11.5. The number of ether oxygens (including phenoxy) is 2. The van der Waals surface area contributed by atoms with Crippen molar-refractivity contribution in [3.63, 3.8) is 0 Å². The van der Waals surface area contributed by atoms with Gasteiger partial charge in [-0.2, -0.15) is 5.10 Å². The first kappa shape index (κ1) is 22.1. The quantitative estimate of drug-likeness (QED) is 0.433. The van der Waals surface area contributed by atoms with E-state index >= 15 is 0 Å². The first-order chi connectivity index (χ1) is 15.9. The number of aromatic nitrogens is 2. The van der Waals surface area contributed by atoms with E-state index in [1.165, 1.54) is 0 Å². The van der Waals surface area contributed by atoms with Crippen molar-refractivity contribution in [2.24, 2.45) is 0 Å². The molecule has 2 aliphatic rings. The molecule has 5 rings (SSSR count). The number of piperazine rings is 1. The van der Waals surface area contributed by atoms with E-state index in [9.17, 15) is 4.79 Å². The van der Waals surface area contributed by atoms with Crippen LogP contribution >= 0.6 is 23.2 Å². The van der Waals surface area contributed by atoms with Crippen LogP contribution in [-0.4, -0.2) is 72.9 Å². The minimum absolute atomic E-state index is 0.0667. The number of hydrogen-bond donors (Lipinski definition) is 0. The molecule has 2 heterocycles. The van der Waals surface area contributed by atoms with E-state index < -0.39 is 0 Å². The van der Waals surface area contributed by atoms with Crippen LogP contribution in [0, 0.1) is 0 Å². The van der Waals surface area contributed by atoms with E-state index in [0.29, 0.717) is 52.4 Å². The predicted molar refractivity (Wildman–Crippen MR) is 128 cm³/mol. The Morgan fingerprint density at radius 3 is 2.39 bits per heavy atom. The summed E-state index contributed by atoms with van der Waals surface area (Å²) >= 11 is 12.8. The zero-order chi connectivity index (χ0) is 23.3. The summed E-state index contributed by atoms with van der Waals surface area (Å²) in [7, 11) is 5.28. The number of amides is 1. The number of carbonyl (C=O) groups excluding carboxylic acids is 1. The van der Waals surface area contributed by atoms with Gasteiger partial charge in [-0.3, -0.25) is 4.79 Å². The minimum atomic E-state index is -0.0667. The second-order valence-electron chi connectivity index (χ2n) is 8.32. The van der Waals surface area contributed by atoms with Crippen LogP contribution in [0.5, 0.6) is 11.5 Å². The van der Waals surface area contributed by atoms with Gasteiger partial charge < -0.3 is 19.3 Å². The van der Waals surface area contributed by atoms with Crippen molar-refractivity contribution < 1.29 is 14.3 Å². The number of hydrogen-bond acceptors (Lipinski definition) is 5. The van der Waals surface area contributed by atoms with Gasteiger partial charge >= 0.3 is 0 Å². The van der Waals surface area contributed by atoms with Crippen LogP contribution in [0.3, 0.4) is 0 Å². The van der Waals surface area contributed by atoms with Gasteiger partial charge in [-0.1, -0.05) is 23.2 Å². The fourth-order valence-corrected chi connectivity index (χ4v) is 4.89. The van der Waals surface area contributed by atoms with Crippen molar-refractivity contribution in [1.82, 2.24) is 19.6 Å². The zero-order valence-electron chi connectivity index (χ0n) is 18.7. The molecule has 0 radical (unpaired) electrons. The Morgan fingerprint density at radius 2 is 1.70 bits per heavy atom. The number of fused-ring (bicyclic) bond motifs is 3. The van der Waals surface area contributed by atoms with Crippen LogP contribution in [0.25, 0.3) is 16.9 Å². The predicted octanol–water partition coefficient (Wildman–Crippen LogP) is 4.16. The second kappa shape index (κ2) is 8.56. The van der Waals surface area contributed by atoms with Crippen molar-refractivity contribution in [2.45, 2.75) is 6.42 Å². The molecule has 2 aromatic carbocycles. The number of rotatable bonds is 4. The Bertz CT molecular complexity index is 1250. The molecule has 1 saturated heterocycles. The molecule has 1 amide bonds. The van der Waals surface area contributed by atoms with Crippen LogP contribution in [0.2, 0.25) is 10.0 Å². The molecule has 1 aromatic heterocycles. The second-order valence-corrected chi connectivity index (χ2v) is 9.16. The summed E-state index contributed by atoms with van der Waals surface area (Å²) in [5.74, 6) is 1.19. The minimum Gasteiger partial charge on any atom is -0.493 e. The number of halogens is 2. The van der Waals surface area contributed by atoms with Gasteiger partial charge in [0.1, 0.15) is 0 Å². The van der Waals surface area contributed by atoms with Crippen LogP contribution in [0.1, 0.15) is 21.6 Å². The normalized spacial score (nSPS) is 15.4. The molecule has 1 fully saturated rings. The van der Waals surface area contributed by atoms with Crippen molar-refractivity contribution >= 4 is 29.1 Å². The molecule has 0 N–H and O–H groups in total. The Hall–Kier alpha value is -2.74. The number of carbonyl (C=O) groups is 1. The van der Waals surface area contributed by atoms with Gasteiger partial charge in [-0.15, -0.1) is 0 Å². The van der Waals surface area contributed by atoms with E-state index in [0.717, 1.165) is 35.5 Å². The summed E-state index contributed by atoms with van der Waals surface area (Å²) in [6.45, 7) is 3.01. The van der Waals surface area contributed by atoms with Gasteiger partial charge in [0.05, 0.1) is 30.6 Å². The molecule has 0 unspecified atom stereocenters. The van der Waals surface area contributed by atoms with Gasteiger partial charge in [0.15, 0.2) is 17.2 Å². The fraction of sp³-hybridized carbons (Fsp3) is 0.333. The molecule has 1 aliphatic carbocycles. The molecule has 172 valence electrons. The highest BCUT2D eigenvalue weighted by Gasteiger charge is 2.35. The van der Waals surface area contributed by atoms with E-state index in [-0.39, 0.29) is 5.91 Å². The Balaban J connectivity index is 1.69. The third-order valence-electron chi connectivity index (χ3n) is 6.34. The maximum Gasteiger partial charge on any atom is 0.274 e. The molecular formula is C24H24Cl2N4O3. The lowest BCUT2D eigenvalue weighted by Gasteiger charge is -2.32. The van der Waals surface area contributed by atoms with Gasteiger partial charge in [0.25, 0.3) is 5.91 Å². The number of likely N-dealkylation sites (N-methyl/N-ethyl adjacent to an activating group) is 1. The molecule has 0 atom stereocenters. The highest BCUT2D eigenvalue weighted by Crippen LogP contribution is 2.45. The SMILES string of the molecule is COc1cc2c(cc1OC)-c1c(c(C(=O)N3CCN(C)CC3)nn1-c1cc(Cl)ccc1Cl)C2. The lowest BCUT2D eigenvalue weighted by atomic mass is 10.1. The smallest absolute Gasteiger partial charge is 0.274 e. The summed E-state index contributed by atoms with van der Waals surface area (Å²) in [5, 5.41) is 5.83. The van der Waals surface area contributed by atoms with Gasteiger partial charge in [0.2, 0.25) is 0 Å². The standard InChI is InChI=1S/C24H24Cl2N4O3/c1-28-6-8-29(9-7-28)24(31)22-17-10-14-11-20(32-2)21(33-3)13-16(14)23(17)30(27-22)19-12-15(25)4-5-18(19)26/h4-5,11-13H,6-10H2,1-3H3. The van der Waals surface area contributed by atoms with Gasteiger partial charge in [-0.05, 0) is 42.9 Å². The molecule has 0 spiro atoms. The van der Waals surface area contributed by atoms with Gasteiger partial charge in [0, 0.05) is 48.7 Å². The van der Waals surface area contributed by atoms with Crippen molar-refractivity contribution in [3.8, 4) is 28.4 Å². The van der Waals surface area contributed by atoms with E-state index in [1.54, 1.807) is 37.1 Å².